The minimum atomic E-state index is -0.771. The number of rotatable bonds is 5. The monoisotopic (exact) mass is 345 g/mol. The van der Waals surface area contributed by atoms with Crippen LogP contribution in [0, 0.1) is 0 Å². The van der Waals surface area contributed by atoms with Crippen molar-refractivity contribution in [3.63, 3.8) is 0 Å². The molecule has 0 spiro atoms. The Bertz CT molecular complexity index is 723. The highest BCUT2D eigenvalue weighted by Gasteiger charge is 2.39. The molecule has 7 heteroatoms. The standard InChI is InChI=1S/C18H23N3O4/c1-4-24-17(22)13-12(11-8-6-5-7-9-11)14(16(20)21-15(13)19)18(23)25-10(2)3/h5-10,12,21H,4,19-20H2,1-3H3. The number of nitrogens with one attached hydrogen (secondary N) is 1. The minimum Gasteiger partial charge on any atom is -0.463 e. The fourth-order valence-corrected chi connectivity index (χ4v) is 2.66. The van der Waals surface area contributed by atoms with Gasteiger partial charge >= 0.3 is 11.9 Å². The highest BCUT2D eigenvalue weighted by molar-refractivity contribution is 5.99. The number of esters is 2. The Labute approximate surface area is 146 Å². The van der Waals surface area contributed by atoms with Crippen LogP contribution < -0.4 is 16.8 Å². The lowest BCUT2D eigenvalue weighted by Gasteiger charge is -2.29. The summed E-state index contributed by atoms with van der Waals surface area (Å²) in [5.41, 5.74) is 13.0. The lowest BCUT2D eigenvalue weighted by molar-refractivity contribution is -0.143. The van der Waals surface area contributed by atoms with Crippen LogP contribution in [-0.4, -0.2) is 24.6 Å². The van der Waals surface area contributed by atoms with Gasteiger partial charge in [0.1, 0.15) is 11.6 Å². The van der Waals surface area contributed by atoms with E-state index in [-0.39, 0.29) is 35.5 Å². The number of nitrogens with two attached hydrogens (primary N) is 2. The van der Waals surface area contributed by atoms with Crippen LogP contribution in [0.4, 0.5) is 0 Å². The molecule has 0 fully saturated rings. The van der Waals surface area contributed by atoms with Gasteiger partial charge in [0.15, 0.2) is 0 Å². The predicted octanol–water partition coefficient (Wildman–Crippen LogP) is 1.23. The molecular weight excluding hydrogens is 322 g/mol. The summed E-state index contributed by atoms with van der Waals surface area (Å²) in [5, 5.41) is 2.69. The molecule has 0 saturated heterocycles. The molecular formula is C18H23N3O4. The summed E-state index contributed by atoms with van der Waals surface area (Å²) in [6.07, 6.45) is -0.335. The first-order chi connectivity index (χ1) is 11.9. The van der Waals surface area contributed by atoms with Crippen LogP contribution >= 0.6 is 0 Å². The number of carbonyl (C=O) groups excluding carboxylic acids is 2. The molecule has 0 amide bonds. The van der Waals surface area contributed by atoms with Crippen molar-refractivity contribution in [2.75, 3.05) is 6.61 Å². The summed E-state index contributed by atoms with van der Waals surface area (Å²) in [4.78, 5) is 25.1. The second-order valence-corrected chi connectivity index (χ2v) is 5.80. The molecule has 0 saturated carbocycles. The second kappa shape index (κ2) is 7.74. The van der Waals surface area contributed by atoms with Crippen molar-refractivity contribution in [2.45, 2.75) is 32.8 Å². The van der Waals surface area contributed by atoms with Gasteiger partial charge in [0.2, 0.25) is 0 Å². The highest BCUT2D eigenvalue weighted by Crippen LogP contribution is 2.37. The van der Waals surface area contributed by atoms with E-state index in [1.807, 2.05) is 6.07 Å². The van der Waals surface area contributed by atoms with E-state index in [1.54, 1.807) is 45.0 Å². The molecule has 0 bridgehead atoms. The van der Waals surface area contributed by atoms with Crippen LogP contribution in [-0.2, 0) is 19.1 Å². The third-order valence-corrected chi connectivity index (χ3v) is 3.62. The molecule has 1 unspecified atom stereocenters. The Kier molecular flexibility index (Phi) is 5.69. The molecule has 1 aliphatic heterocycles. The topological polar surface area (TPSA) is 117 Å². The van der Waals surface area contributed by atoms with E-state index in [4.69, 9.17) is 20.9 Å². The summed E-state index contributed by atoms with van der Waals surface area (Å²) < 4.78 is 10.4. The number of hydrogen-bond donors (Lipinski definition) is 3. The number of dihydropyridines is 1. The molecule has 5 N–H and O–H groups in total. The van der Waals surface area contributed by atoms with Crippen LogP contribution in [0.2, 0.25) is 0 Å². The maximum atomic E-state index is 12.6. The SMILES string of the molecule is CCOC(=O)C1=C(N)NC(N)=C(C(=O)OC(C)C)C1c1ccccc1. The van der Waals surface area contributed by atoms with Crippen LogP contribution in [0.25, 0.3) is 0 Å². The molecule has 1 heterocycles. The van der Waals surface area contributed by atoms with Gasteiger partial charge in [0.25, 0.3) is 0 Å². The average Bonchev–Trinajstić information content (AvgIpc) is 2.54. The van der Waals surface area contributed by atoms with Crippen LogP contribution in [0.15, 0.2) is 53.1 Å². The molecule has 7 nitrogen and oxygen atoms in total. The Balaban J connectivity index is 2.58. The van der Waals surface area contributed by atoms with Gasteiger partial charge in [-0.3, -0.25) is 0 Å². The van der Waals surface area contributed by atoms with Crippen molar-refractivity contribution in [1.82, 2.24) is 5.32 Å². The number of benzene rings is 1. The van der Waals surface area contributed by atoms with E-state index < -0.39 is 17.9 Å². The molecule has 2 rings (SSSR count). The first-order valence-electron chi connectivity index (χ1n) is 8.06. The zero-order valence-corrected chi connectivity index (χ0v) is 14.5. The molecule has 1 atom stereocenters. The number of ether oxygens (including phenoxy) is 2. The maximum absolute atomic E-state index is 12.6. The van der Waals surface area contributed by atoms with Crippen LogP contribution in [0.1, 0.15) is 32.3 Å². The molecule has 134 valence electrons. The van der Waals surface area contributed by atoms with Gasteiger partial charge in [-0.05, 0) is 26.3 Å². The van der Waals surface area contributed by atoms with E-state index in [2.05, 4.69) is 5.32 Å². The second-order valence-electron chi connectivity index (χ2n) is 5.80. The first kappa shape index (κ1) is 18.4. The summed E-state index contributed by atoms with van der Waals surface area (Å²) in [7, 11) is 0. The average molecular weight is 345 g/mol. The van der Waals surface area contributed by atoms with E-state index >= 15 is 0 Å². The first-order valence-corrected chi connectivity index (χ1v) is 8.06. The quantitative estimate of drug-likeness (QED) is 0.687. The number of hydrogen-bond acceptors (Lipinski definition) is 7. The van der Waals surface area contributed by atoms with Gasteiger partial charge in [-0.2, -0.15) is 0 Å². The van der Waals surface area contributed by atoms with Gasteiger partial charge in [0, 0.05) is 0 Å². The van der Waals surface area contributed by atoms with Crippen molar-refractivity contribution in [3.05, 3.63) is 58.7 Å². The van der Waals surface area contributed by atoms with Crippen molar-refractivity contribution in [1.29, 1.82) is 0 Å². The normalized spacial score (nSPS) is 17.4. The van der Waals surface area contributed by atoms with Crippen molar-refractivity contribution in [3.8, 4) is 0 Å². The lowest BCUT2D eigenvalue weighted by atomic mass is 9.82. The summed E-state index contributed by atoms with van der Waals surface area (Å²) in [5.74, 6) is -1.87. The third kappa shape index (κ3) is 3.93. The molecule has 0 aromatic heterocycles. The summed E-state index contributed by atoms with van der Waals surface area (Å²) in [6.45, 7) is 5.35. The molecule has 1 aromatic rings. The van der Waals surface area contributed by atoms with Gasteiger partial charge in [-0.15, -0.1) is 0 Å². The fourth-order valence-electron chi connectivity index (χ4n) is 2.66. The third-order valence-electron chi connectivity index (χ3n) is 3.62. The minimum absolute atomic E-state index is 0.0602. The zero-order valence-electron chi connectivity index (χ0n) is 14.5. The van der Waals surface area contributed by atoms with Gasteiger partial charge < -0.3 is 26.3 Å². The Morgan fingerprint density at radius 2 is 1.64 bits per heavy atom. The predicted molar refractivity (Wildman–Crippen MR) is 92.6 cm³/mol. The summed E-state index contributed by atoms with van der Waals surface area (Å²) in [6, 6.07) is 9.02. The van der Waals surface area contributed by atoms with Crippen molar-refractivity contribution in [2.24, 2.45) is 11.5 Å². The van der Waals surface area contributed by atoms with Gasteiger partial charge in [-0.1, -0.05) is 30.3 Å². The molecule has 1 aromatic carbocycles. The maximum Gasteiger partial charge on any atom is 0.338 e. The summed E-state index contributed by atoms with van der Waals surface area (Å²) >= 11 is 0. The molecule has 25 heavy (non-hydrogen) atoms. The number of carbonyl (C=O) groups is 2. The fraction of sp³-hybridized carbons (Fsp3) is 0.333. The van der Waals surface area contributed by atoms with Crippen molar-refractivity contribution < 1.29 is 19.1 Å². The Hall–Kier alpha value is -2.96. The lowest BCUT2D eigenvalue weighted by Crippen LogP contribution is -2.39. The smallest absolute Gasteiger partial charge is 0.338 e. The molecule has 1 aliphatic rings. The zero-order chi connectivity index (χ0) is 18.6. The van der Waals surface area contributed by atoms with E-state index in [9.17, 15) is 9.59 Å². The Morgan fingerprint density at radius 3 is 2.16 bits per heavy atom. The molecule has 0 aliphatic carbocycles. The molecule has 0 radical (unpaired) electrons. The Morgan fingerprint density at radius 1 is 1.08 bits per heavy atom. The highest BCUT2D eigenvalue weighted by atomic mass is 16.5. The van der Waals surface area contributed by atoms with Gasteiger partial charge in [0.05, 0.1) is 29.8 Å². The van der Waals surface area contributed by atoms with Gasteiger partial charge in [-0.25, -0.2) is 9.59 Å². The van der Waals surface area contributed by atoms with E-state index in [0.717, 1.165) is 0 Å². The van der Waals surface area contributed by atoms with E-state index in [0.29, 0.717) is 5.56 Å². The van der Waals surface area contributed by atoms with Crippen LogP contribution in [0.3, 0.4) is 0 Å². The van der Waals surface area contributed by atoms with Crippen molar-refractivity contribution >= 4 is 11.9 Å². The van der Waals surface area contributed by atoms with E-state index in [1.165, 1.54) is 0 Å². The van der Waals surface area contributed by atoms with Crippen LogP contribution in [0.5, 0.6) is 0 Å². The largest absolute Gasteiger partial charge is 0.463 e.